The molecule has 0 bridgehead atoms. The highest BCUT2D eigenvalue weighted by Gasteiger charge is 2.71. The summed E-state index contributed by atoms with van der Waals surface area (Å²) in [6.07, 6.45) is -0.432. The number of carbonyl (C=O) groups is 1. The minimum Gasteiger partial charge on any atom is -0.441 e. The molecule has 0 N–H and O–H groups in total. The van der Waals surface area contributed by atoms with Crippen molar-refractivity contribution >= 4 is 17.0 Å². The second-order valence-corrected chi connectivity index (χ2v) is 2.76. The van der Waals surface area contributed by atoms with Crippen molar-refractivity contribution < 1.29 is 18.3 Å². The third-order valence-corrected chi connectivity index (χ3v) is 1.59. The number of halogens is 3. The van der Waals surface area contributed by atoms with Gasteiger partial charge in [-0.05, 0) is 6.92 Å². The number of hydrogen-bond donors (Lipinski definition) is 0. The van der Waals surface area contributed by atoms with Gasteiger partial charge in [-0.25, -0.2) is 13.6 Å². The minimum atomic E-state index is -2.89. The van der Waals surface area contributed by atoms with Crippen LogP contribution in [0.5, 0.6) is 0 Å². The summed E-state index contributed by atoms with van der Waals surface area (Å²) in [6.45, 7) is 1.15. The maximum absolute atomic E-state index is 12.2. The molecule has 0 saturated heterocycles. The average molecular weight is 171 g/mol. The van der Waals surface area contributed by atoms with Gasteiger partial charge in [0.05, 0.1) is 6.42 Å². The van der Waals surface area contributed by atoms with Crippen molar-refractivity contribution in [2.45, 2.75) is 24.9 Å². The molecule has 0 spiro atoms. The predicted molar refractivity (Wildman–Crippen MR) is 30.3 cm³/mol. The maximum Gasteiger partial charge on any atom is 0.404 e. The third-order valence-electron chi connectivity index (χ3n) is 1.51. The Balaban J connectivity index is 2.52. The molecule has 1 rings (SSSR count). The molecule has 0 aliphatic heterocycles. The highest BCUT2D eigenvalue weighted by atomic mass is 35.5. The van der Waals surface area contributed by atoms with E-state index in [1.54, 1.807) is 0 Å². The monoisotopic (exact) mass is 170 g/mol. The van der Waals surface area contributed by atoms with Crippen LogP contribution in [0, 0.1) is 0 Å². The van der Waals surface area contributed by atoms with E-state index in [-0.39, 0.29) is 0 Å². The lowest BCUT2D eigenvalue weighted by atomic mass is 10.4. The van der Waals surface area contributed by atoms with E-state index in [9.17, 15) is 13.6 Å². The van der Waals surface area contributed by atoms with Crippen molar-refractivity contribution in [3.05, 3.63) is 0 Å². The molecule has 0 aromatic rings. The molecule has 1 unspecified atom stereocenters. The molecule has 58 valence electrons. The summed E-state index contributed by atoms with van der Waals surface area (Å²) in [4.78, 5) is 10.00. The standard InChI is InChI=1S/C5H5ClF2O2/c1-4(10-3(6)9)2-5(4,7)8/h2H2,1H3. The quantitative estimate of drug-likeness (QED) is 0.564. The average Bonchev–Trinajstić information content (AvgIpc) is 2.01. The molecule has 0 aromatic carbocycles. The van der Waals surface area contributed by atoms with E-state index in [0.29, 0.717) is 0 Å². The zero-order chi connectivity index (χ0) is 7.99. The second kappa shape index (κ2) is 1.81. The largest absolute Gasteiger partial charge is 0.441 e. The number of alkyl halides is 2. The van der Waals surface area contributed by atoms with Gasteiger partial charge in [0.15, 0.2) is 5.60 Å². The van der Waals surface area contributed by atoms with E-state index in [1.807, 2.05) is 0 Å². The number of hydrogen-bond acceptors (Lipinski definition) is 2. The van der Waals surface area contributed by atoms with Gasteiger partial charge in [0.25, 0.3) is 5.92 Å². The van der Waals surface area contributed by atoms with Crippen molar-refractivity contribution in [3.8, 4) is 0 Å². The Kier molecular flexibility index (Phi) is 1.40. The summed E-state index contributed by atoms with van der Waals surface area (Å²) in [7, 11) is 0. The van der Waals surface area contributed by atoms with Gasteiger partial charge in [-0.15, -0.1) is 0 Å². The van der Waals surface area contributed by atoms with E-state index >= 15 is 0 Å². The van der Waals surface area contributed by atoms with E-state index in [2.05, 4.69) is 4.74 Å². The van der Waals surface area contributed by atoms with Gasteiger partial charge in [-0.1, -0.05) is 0 Å². The zero-order valence-electron chi connectivity index (χ0n) is 5.16. The summed E-state index contributed by atoms with van der Waals surface area (Å²) < 4.78 is 28.6. The molecule has 0 radical (unpaired) electrons. The number of carbonyl (C=O) groups excluding carboxylic acids is 1. The second-order valence-electron chi connectivity index (χ2n) is 2.45. The van der Waals surface area contributed by atoms with Gasteiger partial charge in [0.2, 0.25) is 0 Å². The zero-order valence-corrected chi connectivity index (χ0v) is 5.91. The Labute approximate surface area is 61.1 Å². The normalized spacial score (nSPS) is 35.2. The van der Waals surface area contributed by atoms with Gasteiger partial charge >= 0.3 is 5.43 Å². The molecular formula is C5H5ClF2O2. The Morgan fingerprint density at radius 1 is 1.70 bits per heavy atom. The Hall–Kier alpha value is -0.380. The molecule has 1 aliphatic rings. The Morgan fingerprint density at radius 2 is 2.10 bits per heavy atom. The molecule has 10 heavy (non-hydrogen) atoms. The van der Waals surface area contributed by atoms with Crippen molar-refractivity contribution in [2.24, 2.45) is 0 Å². The van der Waals surface area contributed by atoms with Crippen LogP contribution in [-0.4, -0.2) is 17.0 Å². The molecule has 1 saturated carbocycles. The Bertz CT molecular complexity index is 182. The van der Waals surface area contributed by atoms with Gasteiger partial charge in [0.1, 0.15) is 0 Å². The van der Waals surface area contributed by atoms with Crippen molar-refractivity contribution in [3.63, 3.8) is 0 Å². The first kappa shape index (κ1) is 7.72. The molecule has 1 aliphatic carbocycles. The summed E-state index contributed by atoms with van der Waals surface area (Å²) in [6, 6.07) is 0. The molecule has 1 fully saturated rings. The lowest BCUT2D eigenvalue weighted by molar-refractivity contribution is 0.00108. The molecule has 0 aromatic heterocycles. The van der Waals surface area contributed by atoms with E-state index in [1.165, 1.54) is 0 Å². The fraction of sp³-hybridized carbons (Fsp3) is 0.800. The Morgan fingerprint density at radius 3 is 2.20 bits per heavy atom. The third kappa shape index (κ3) is 1.08. The van der Waals surface area contributed by atoms with Crippen molar-refractivity contribution in [1.29, 1.82) is 0 Å². The number of rotatable bonds is 1. The van der Waals surface area contributed by atoms with Crippen LogP contribution in [0.15, 0.2) is 0 Å². The SMILES string of the molecule is CC1(OC(=O)Cl)CC1(F)F. The first-order valence-corrected chi connectivity index (χ1v) is 3.01. The molecule has 2 nitrogen and oxygen atoms in total. The van der Waals surface area contributed by atoms with Crippen LogP contribution < -0.4 is 0 Å². The lowest BCUT2D eigenvalue weighted by Crippen LogP contribution is -2.19. The van der Waals surface area contributed by atoms with Crippen LogP contribution in [0.4, 0.5) is 13.6 Å². The van der Waals surface area contributed by atoms with Gasteiger partial charge in [-0.2, -0.15) is 0 Å². The van der Waals surface area contributed by atoms with Gasteiger partial charge < -0.3 is 4.74 Å². The molecule has 0 amide bonds. The number of ether oxygens (including phenoxy) is 1. The summed E-state index contributed by atoms with van der Waals surface area (Å²) in [5, 5.41) is 0. The van der Waals surface area contributed by atoms with Crippen LogP contribution in [0.2, 0.25) is 0 Å². The van der Waals surface area contributed by atoms with E-state index < -0.39 is 23.4 Å². The highest BCUT2D eigenvalue weighted by Crippen LogP contribution is 2.55. The summed E-state index contributed by atoms with van der Waals surface area (Å²) in [5.74, 6) is -2.89. The van der Waals surface area contributed by atoms with Crippen LogP contribution >= 0.6 is 11.6 Å². The van der Waals surface area contributed by atoms with Crippen LogP contribution in [0.1, 0.15) is 13.3 Å². The molecular weight excluding hydrogens is 166 g/mol. The summed E-state index contributed by atoms with van der Waals surface area (Å²) >= 11 is 4.74. The van der Waals surface area contributed by atoms with Crippen LogP contribution in [0.25, 0.3) is 0 Å². The van der Waals surface area contributed by atoms with E-state index in [4.69, 9.17) is 11.6 Å². The van der Waals surface area contributed by atoms with Crippen molar-refractivity contribution in [2.75, 3.05) is 0 Å². The highest BCUT2D eigenvalue weighted by molar-refractivity contribution is 6.61. The minimum absolute atomic E-state index is 0.432. The predicted octanol–water partition coefficient (Wildman–Crippen LogP) is 2.16. The van der Waals surface area contributed by atoms with Gasteiger partial charge in [0, 0.05) is 11.6 Å². The summed E-state index contributed by atoms with van der Waals surface area (Å²) in [5.41, 5.74) is -2.83. The molecule has 5 heteroatoms. The van der Waals surface area contributed by atoms with Gasteiger partial charge in [-0.3, -0.25) is 0 Å². The maximum atomic E-state index is 12.2. The van der Waals surface area contributed by atoms with Crippen LogP contribution in [-0.2, 0) is 4.74 Å². The lowest BCUT2D eigenvalue weighted by Gasteiger charge is -2.07. The molecule has 0 heterocycles. The fourth-order valence-corrected chi connectivity index (χ4v) is 0.838. The van der Waals surface area contributed by atoms with Crippen molar-refractivity contribution in [1.82, 2.24) is 0 Å². The smallest absolute Gasteiger partial charge is 0.404 e. The molecule has 1 atom stereocenters. The van der Waals surface area contributed by atoms with Crippen LogP contribution in [0.3, 0.4) is 0 Å². The first-order chi connectivity index (χ1) is 4.37. The van der Waals surface area contributed by atoms with E-state index in [0.717, 1.165) is 6.92 Å². The first-order valence-electron chi connectivity index (χ1n) is 2.64. The fourth-order valence-electron chi connectivity index (χ4n) is 0.667. The topological polar surface area (TPSA) is 26.3 Å².